The molecule has 1 amide bonds. The summed E-state index contributed by atoms with van der Waals surface area (Å²) in [6.45, 7) is 1.50. The van der Waals surface area contributed by atoms with E-state index in [1.54, 1.807) is 30.3 Å². The van der Waals surface area contributed by atoms with E-state index in [4.69, 9.17) is 4.74 Å². The summed E-state index contributed by atoms with van der Waals surface area (Å²) in [6.07, 6.45) is -0.0214. The largest absolute Gasteiger partial charge is 0.456 e. The molecular weight excluding hydrogens is 386 g/mol. The minimum absolute atomic E-state index is 0.0415. The Morgan fingerprint density at radius 1 is 1.00 bits per heavy atom. The number of carbonyl (C=O) groups excluding carboxylic acids is 3. The Kier molecular flexibility index (Phi) is 6.89. The molecule has 0 aliphatic carbocycles. The number of carbonyl (C=O) groups is 3. The second kappa shape index (κ2) is 9.13. The number of esters is 1. The summed E-state index contributed by atoms with van der Waals surface area (Å²) in [5, 5.41) is 2.67. The number of anilines is 1. The van der Waals surface area contributed by atoms with Crippen molar-refractivity contribution in [2.24, 2.45) is 0 Å². The van der Waals surface area contributed by atoms with Crippen LogP contribution in [0.2, 0.25) is 0 Å². The lowest BCUT2D eigenvalue weighted by Gasteiger charge is -2.08. The molecule has 0 heterocycles. The van der Waals surface area contributed by atoms with Crippen LogP contribution in [-0.2, 0) is 14.3 Å². The first-order valence-electron chi connectivity index (χ1n) is 7.75. The first kappa shape index (κ1) is 18.9. The maximum Gasteiger partial charge on any atom is 0.306 e. The quantitative estimate of drug-likeness (QED) is 0.561. The number of amides is 1. The van der Waals surface area contributed by atoms with Gasteiger partial charge in [0, 0.05) is 22.1 Å². The highest BCUT2D eigenvalue weighted by atomic mass is 79.9. The van der Waals surface area contributed by atoms with E-state index >= 15 is 0 Å². The molecule has 1 N–H and O–H groups in total. The van der Waals surface area contributed by atoms with E-state index in [0.29, 0.717) is 11.3 Å². The van der Waals surface area contributed by atoms with Crippen LogP contribution in [0.5, 0.6) is 0 Å². The number of para-hydroxylation sites is 1. The van der Waals surface area contributed by atoms with E-state index in [0.717, 1.165) is 10.0 Å². The smallest absolute Gasteiger partial charge is 0.306 e. The molecule has 25 heavy (non-hydrogen) atoms. The van der Waals surface area contributed by atoms with E-state index in [-0.39, 0.29) is 25.2 Å². The number of ketones is 1. The van der Waals surface area contributed by atoms with Gasteiger partial charge in [0.05, 0.1) is 6.42 Å². The number of nitrogens with one attached hydrogen (secondary N) is 1. The van der Waals surface area contributed by atoms with Crippen LogP contribution in [0.25, 0.3) is 0 Å². The second-order valence-corrected chi connectivity index (χ2v) is 6.37. The van der Waals surface area contributed by atoms with Gasteiger partial charge in [0.25, 0.3) is 5.91 Å². The fraction of sp³-hybridized carbons (Fsp3) is 0.211. The molecule has 0 saturated heterocycles. The van der Waals surface area contributed by atoms with Crippen molar-refractivity contribution in [3.05, 3.63) is 64.1 Å². The number of Topliss-reactive ketones (excluding diaryl/α,β-unsaturated/α-hetero) is 1. The molecular formula is C19H18BrNO4. The van der Waals surface area contributed by atoms with Crippen molar-refractivity contribution in [1.82, 2.24) is 0 Å². The molecule has 6 heteroatoms. The Labute approximate surface area is 154 Å². The average Bonchev–Trinajstić information content (AvgIpc) is 2.60. The van der Waals surface area contributed by atoms with Gasteiger partial charge in [-0.15, -0.1) is 0 Å². The Bertz CT molecular complexity index is 771. The zero-order valence-electron chi connectivity index (χ0n) is 13.8. The zero-order chi connectivity index (χ0) is 18.2. The van der Waals surface area contributed by atoms with Crippen LogP contribution in [0.4, 0.5) is 5.69 Å². The van der Waals surface area contributed by atoms with Gasteiger partial charge in [0.15, 0.2) is 12.4 Å². The van der Waals surface area contributed by atoms with Crippen LogP contribution in [0, 0.1) is 6.92 Å². The van der Waals surface area contributed by atoms with Gasteiger partial charge in [0.1, 0.15) is 0 Å². The van der Waals surface area contributed by atoms with Gasteiger partial charge >= 0.3 is 5.97 Å². The van der Waals surface area contributed by atoms with Gasteiger partial charge in [0.2, 0.25) is 0 Å². The molecule has 0 atom stereocenters. The van der Waals surface area contributed by atoms with E-state index in [1.807, 2.05) is 25.1 Å². The minimum atomic E-state index is -0.578. The monoisotopic (exact) mass is 403 g/mol. The number of aryl methyl sites for hydroxylation is 1. The summed E-state index contributed by atoms with van der Waals surface area (Å²) >= 11 is 3.30. The third-order valence-electron chi connectivity index (χ3n) is 3.51. The molecule has 0 aromatic heterocycles. The van der Waals surface area contributed by atoms with Crippen molar-refractivity contribution < 1.29 is 19.1 Å². The van der Waals surface area contributed by atoms with E-state index in [1.165, 1.54) is 0 Å². The zero-order valence-corrected chi connectivity index (χ0v) is 15.3. The van der Waals surface area contributed by atoms with E-state index in [9.17, 15) is 14.4 Å². The molecule has 0 radical (unpaired) electrons. The summed E-state index contributed by atoms with van der Waals surface area (Å²) in [7, 11) is 0. The van der Waals surface area contributed by atoms with Crippen molar-refractivity contribution in [2.45, 2.75) is 19.8 Å². The van der Waals surface area contributed by atoms with E-state index in [2.05, 4.69) is 21.2 Å². The molecule has 0 unspecified atom stereocenters. The lowest BCUT2D eigenvalue weighted by Crippen LogP contribution is -2.21. The lowest BCUT2D eigenvalue weighted by atomic mass is 10.1. The Hall–Kier alpha value is -2.47. The Morgan fingerprint density at radius 3 is 2.36 bits per heavy atom. The van der Waals surface area contributed by atoms with Gasteiger partial charge in [-0.25, -0.2) is 0 Å². The number of rotatable bonds is 7. The minimum Gasteiger partial charge on any atom is -0.456 e. The van der Waals surface area contributed by atoms with Crippen LogP contribution in [0.15, 0.2) is 53.0 Å². The normalized spacial score (nSPS) is 10.2. The third kappa shape index (κ3) is 6.15. The van der Waals surface area contributed by atoms with Crippen molar-refractivity contribution in [3.63, 3.8) is 0 Å². The molecule has 2 aromatic carbocycles. The molecule has 0 spiro atoms. The topological polar surface area (TPSA) is 72.5 Å². The highest BCUT2D eigenvalue weighted by Gasteiger charge is 2.12. The molecule has 5 nitrogen and oxygen atoms in total. The number of hydrogen-bond acceptors (Lipinski definition) is 4. The molecule has 0 fully saturated rings. The molecule has 0 aliphatic rings. The molecule has 0 bridgehead atoms. The van der Waals surface area contributed by atoms with Crippen molar-refractivity contribution >= 4 is 39.3 Å². The predicted molar refractivity (Wildman–Crippen MR) is 98.5 cm³/mol. The number of benzene rings is 2. The second-order valence-electron chi connectivity index (χ2n) is 5.45. The molecule has 2 rings (SSSR count). The van der Waals surface area contributed by atoms with E-state index < -0.39 is 11.9 Å². The summed E-state index contributed by atoms with van der Waals surface area (Å²) in [5.74, 6) is -1.14. The van der Waals surface area contributed by atoms with Crippen LogP contribution in [-0.4, -0.2) is 24.3 Å². The lowest BCUT2D eigenvalue weighted by molar-refractivity contribution is -0.147. The first-order valence-corrected chi connectivity index (χ1v) is 8.55. The SMILES string of the molecule is Cc1ccccc1NC(=O)COC(=O)CCC(=O)c1ccc(Br)cc1. The Morgan fingerprint density at radius 2 is 1.68 bits per heavy atom. The maximum absolute atomic E-state index is 12.0. The van der Waals surface area contributed by atoms with Crippen LogP contribution < -0.4 is 5.32 Å². The number of halogens is 1. The predicted octanol–water partition coefficient (Wildman–Crippen LogP) is 3.90. The molecule has 0 aliphatic heterocycles. The summed E-state index contributed by atoms with van der Waals surface area (Å²) in [5.41, 5.74) is 2.13. The van der Waals surface area contributed by atoms with Crippen LogP contribution in [0.3, 0.4) is 0 Å². The summed E-state index contributed by atoms with van der Waals surface area (Å²) < 4.78 is 5.79. The third-order valence-corrected chi connectivity index (χ3v) is 4.03. The standard InChI is InChI=1S/C19H18BrNO4/c1-13-4-2-3-5-16(13)21-18(23)12-25-19(24)11-10-17(22)14-6-8-15(20)9-7-14/h2-9H,10-12H2,1H3,(H,21,23). The van der Waals surface area contributed by atoms with Gasteiger partial charge < -0.3 is 10.1 Å². The van der Waals surface area contributed by atoms with Crippen LogP contribution in [0.1, 0.15) is 28.8 Å². The number of hydrogen-bond donors (Lipinski definition) is 1. The highest BCUT2D eigenvalue weighted by molar-refractivity contribution is 9.10. The van der Waals surface area contributed by atoms with Crippen molar-refractivity contribution in [1.29, 1.82) is 0 Å². The average molecular weight is 404 g/mol. The highest BCUT2D eigenvalue weighted by Crippen LogP contribution is 2.14. The summed E-state index contributed by atoms with van der Waals surface area (Å²) in [4.78, 5) is 35.5. The molecule has 2 aromatic rings. The fourth-order valence-electron chi connectivity index (χ4n) is 2.11. The van der Waals surface area contributed by atoms with Crippen molar-refractivity contribution in [2.75, 3.05) is 11.9 Å². The fourth-order valence-corrected chi connectivity index (χ4v) is 2.38. The number of ether oxygens (including phenoxy) is 1. The van der Waals surface area contributed by atoms with Gasteiger partial charge in [-0.3, -0.25) is 14.4 Å². The first-order chi connectivity index (χ1) is 12.0. The van der Waals surface area contributed by atoms with Crippen molar-refractivity contribution in [3.8, 4) is 0 Å². The molecule has 0 saturated carbocycles. The van der Waals surface area contributed by atoms with Gasteiger partial charge in [-0.1, -0.05) is 46.3 Å². The van der Waals surface area contributed by atoms with Gasteiger partial charge in [-0.05, 0) is 30.7 Å². The summed E-state index contributed by atoms with van der Waals surface area (Å²) in [6, 6.07) is 14.2. The van der Waals surface area contributed by atoms with Crippen LogP contribution >= 0.6 is 15.9 Å². The maximum atomic E-state index is 12.0. The van der Waals surface area contributed by atoms with Gasteiger partial charge in [-0.2, -0.15) is 0 Å². The Balaban J connectivity index is 1.73. The molecule has 130 valence electrons.